The highest BCUT2D eigenvalue weighted by atomic mass is 16.3. The molecule has 0 fully saturated rings. The molecular weight excluding hydrogens is 316 g/mol. The van der Waals surface area contributed by atoms with Crippen LogP contribution in [0.25, 0.3) is 0 Å². The van der Waals surface area contributed by atoms with Crippen molar-refractivity contribution < 1.29 is 15.0 Å². The van der Waals surface area contributed by atoms with E-state index in [9.17, 15) is 15.0 Å². The molecule has 0 heterocycles. The van der Waals surface area contributed by atoms with Crippen LogP contribution < -0.4 is 5.32 Å². The Labute approximate surface area is 148 Å². The van der Waals surface area contributed by atoms with Crippen molar-refractivity contribution in [2.45, 2.75) is 26.9 Å². The molecule has 0 radical (unpaired) electrons. The lowest BCUT2D eigenvalue weighted by atomic mass is 10.1. The third-order valence-corrected chi connectivity index (χ3v) is 4.17. The molecule has 0 spiro atoms. The highest BCUT2D eigenvalue weighted by Crippen LogP contribution is 2.19. The van der Waals surface area contributed by atoms with Crippen LogP contribution in [0.3, 0.4) is 0 Å². The second-order valence-electron chi connectivity index (χ2n) is 6.31. The highest BCUT2D eigenvalue weighted by Gasteiger charge is 2.16. The molecule has 2 aromatic rings. The molecule has 25 heavy (non-hydrogen) atoms. The Morgan fingerprint density at radius 2 is 1.96 bits per heavy atom. The van der Waals surface area contributed by atoms with Gasteiger partial charge in [0.05, 0.1) is 12.6 Å². The topological polar surface area (TPSA) is 72.8 Å². The molecule has 5 nitrogen and oxygen atoms in total. The number of anilines is 1. The predicted octanol–water partition coefficient (Wildman–Crippen LogP) is 3.00. The van der Waals surface area contributed by atoms with Gasteiger partial charge in [-0.3, -0.25) is 9.69 Å². The number of nitrogens with zero attached hydrogens (tertiary/aromatic N) is 1. The van der Waals surface area contributed by atoms with Gasteiger partial charge in [-0.1, -0.05) is 31.2 Å². The van der Waals surface area contributed by atoms with E-state index in [4.69, 9.17) is 0 Å². The van der Waals surface area contributed by atoms with Crippen LogP contribution >= 0.6 is 0 Å². The Hall–Kier alpha value is -2.37. The molecule has 0 aliphatic carbocycles. The summed E-state index contributed by atoms with van der Waals surface area (Å²) in [5, 5.41) is 22.8. The predicted molar refractivity (Wildman–Crippen MR) is 99.7 cm³/mol. The zero-order valence-electron chi connectivity index (χ0n) is 15.0. The lowest BCUT2D eigenvalue weighted by Gasteiger charge is -2.23. The first-order valence-corrected chi connectivity index (χ1v) is 8.45. The molecule has 1 unspecified atom stereocenters. The maximum Gasteiger partial charge on any atom is 0.238 e. The lowest BCUT2D eigenvalue weighted by Crippen LogP contribution is -2.36. The van der Waals surface area contributed by atoms with Crippen molar-refractivity contribution >= 4 is 11.6 Å². The summed E-state index contributed by atoms with van der Waals surface area (Å²) in [6.07, 6.45) is -0.763. The van der Waals surface area contributed by atoms with Crippen molar-refractivity contribution in [2.75, 3.05) is 25.0 Å². The van der Waals surface area contributed by atoms with Crippen LogP contribution in [0.2, 0.25) is 0 Å². The number of phenolic OH excluding ortho intramolecular Hbond substituents is 1. The molecular formula is C20H26N2O3. The molecule has 5 heteroatoms. The van der Waals surface area contributed by atoms with Gasteiger partial charge in [-0.2, -0.15) is 0 Å². The van der Waals surface area contributed by atoms with Crippen molar-refractivity contribution in [1.29, 1.82) is 0 Å². The Bertz CT molecular complexity index is 731. The first kappa shape index (κ1) is 19.0. The molecule has 0 bridgehead atoms. The molecule has 3 N–H and O–H groups in total. The number of aryl methyl sites for hydroxylation is 2. The first-order chi connectivity index (χ1) is 11.9. The van der Waals surface area contributed by atoms with Gasteiger partial charge in [-0.05, 0) is 55.3 Å². The molecule has 2 rings (SSSR count). The first-order valence-electron chi connectivity index (χ1n) is 8.45. The minimum absolute atomic E-state index is 0.112. The van der Waals surface area contributed by atoms with Crippen molar-refractivity contribution in [3.8, 4) is 5.75 Å². The number of hydrogen-bond acceptors (Lipinski definition) is 4. The third-order valence-electron chi connectivity index (χ3n) is 4.17. The summed E-state index contributed by atoms with van der Waals surface area (Å²) in [6, 6.07) is 12.5. The van der Waals surface area contributed by atoms with Gasteiger partial charge in [-0.25, -0.2) is 0 Å². The van der Waals surface area contributed by atoms with Crippen molar-refractivity contribution in [3.05, 3.63) is 59.2 Å². The zero-order chi connectivity index (χ0) is 18.4. The van der Waals surface area contributed by atoms with E-state index in [1.165, 1.54) is 6.07 Å². The number of carbonyl (C=O) groups excluding carboxylic acids is 1. The Balaban J connectivity index is 1.96. The molecule has 0 aromatic heterocycles. The van der Waals surface area contributed by atoms with Gasteiger partial charge < -0.3 is 15.5 Å². The third kappa shape index (κ3) is 5.59. The average Bonchev–Trinajstić information content (AvgIpc) is 2.57. The normalized spacial score (nSPS) is 12.2. The van der Waals surface area contributed by atoms with Crippen molar-refractivity contribution in [3.63, 3.8) is 0 Å². The molecule has 0 saturated carbocycles. The fourth-order valence-corrected chi connectivity index (χ4v) is 2.65. The number of rotatable bonds is 7. The molecule has 0 saturated heterocycles. The van der Waals surface area contributed by atoms with Crippen LogP contribution in [0, 0.1) is 13.8 Å². The van der Waals surface area contributed by atoms with E-state index >= 15 is 0 Å². The minimum atomic E-state index is -0.763. The van der Waals surface area contributed by atoms with E-state index < -0.39 is 6.10 Å². The number of nitrogens with one attached hydrogen (secondary N) is 1. The fourth-order valence-electron chi connectivity index (χ4n) is 2.65. The molecule has 0 aliphatic heterocycles. The van der Waals surface area contributed by atoms with Gasteiger partial charge in [-0.15, -0.1) is 0 Å². The summed E-state index contributed by atoms with van der Waals surface area (Å²) in [7, 11) is 0. The summed E-state index contributed by atoms with van der Waals surface area (Å²) in [5.41, 5.74) is 3.55. The number of aromatic hydroxyl groups is 1. The number of phenols is 1. The van der Waals surface area contributed by atoms with E-state index in [0.29, 0.717) is 18.7 Å². The van der Waals surface area contributed by atoms with Gasteiger partial charge in [0.2, 0.25) is 5.91 Å². The summed E-state index contributed by atoms with van der Waals surface area (Å²) < 4.78 is 0. The van der Waals surface area contributed by atoms with Crippen LogP contribution in [0.15, 0.2) is 42.5 Å². The van der Waals surface area contributed by atoms with Gasteiger partial charge in [0, 0.05) is 12.2 Å². The van der Waals surface area contributed by atoms with Crippen LogP contribution in [0.5, 0.6) is 5.75 Å². The number of aliphatic hydroxyl groups is 1. The van der Waals surface area contributed by atoms with Gasteiger partial charge in [0.15, 0.2) is 0 Å². The molecule has 134 valence electrons. The molecule has 1 amide bonds. The quantitative estimate of drug-likeness (QED) is 0.723. The van der Waals surface area contributed by atoms with Crippen LogP contribution in [0.4, 0.5) is 5.69 Å². The van der Waals surface area contributed by atoms with E-state index in [2.05, 4.69) is 5.32 Å². The number of benzene rings is 2. The zero-order valence-corrected chi connectivity index (χ0v) is 15.0. The standard InChI is InChI=1S/C20H26N2O3/c1-4-22(12-19(24)16-6-5-7-17(23)11-16)13-20(25)21-18-10-14(2)8-9-15(18)3/h5-11,19,23-24H,4,12-13H2,1-3H3,(H,21,25). The lowest BCUT2D eigenvalue weighted by molar-refractivity contribution is -0.117. The molecule has 1 atom stereocenters. The Morgan fingerprint density at radius 3 is 2.64 bits per heavy atom. The maximum absolute atomic E-state index is 12.3. The minimum Gasteiger partial charge on any atom is -0.508 e. The van der Waals surface area contributed by atoms with E-state index in [-0.39, 0.29) is 18.2 Å². The van der Waals surface area contributed by atoms with Crippen LogP contribution in [-0.4, -0.2) is 40.7 Å². The van der Waals surface area contributed by atoms with E-state index in [1.54, 1.807) is 18.2 Å². The summed E-state index contributed by atoms with van der Waals surface area (Å²) in [4.78, 5) is 14.2. The fraction of sp³-hybridized carbons (Fsp3) is 0.350. The maximum atomic E-state index is 12.3. The summed E-state index contributed by atoms with van der Waals surface area (Å²) >= 11 is 0. The molecule has 2 aromatic carbocycles. The number of carbonyl (C=O) groups is 1. The molecule has 0 aliphatic rings. The summed E-state index contributed by atoms with van der Waals surface area (Å²) in [5.74, 6) is 0.00548. The monoisotopic (exact) mass is 342 g/mol. The SMILES string of the molecule is CCN(CC(=O)Nc1cc(C)ccc1C)CC(O)c1cccc(O)c1. The number of amides is 1. The van der Waals surface area contributed by atoms with Gasteiger partial charge >= 0.3 is 0 Å². The second kappa shape index (κ2) is 8.65. The smallest absolute Gasteiger partial charge is 0.238 e. The van der Waals surface area contributed by atoms with E-state index in [0.717, 1.165) is 16.8 Å². The number of hydrogen-bond donors (Lipinski definition) is 3. The van der Waals surface area contributed by atoms with Crippen molar-refractivity contribution in [1.82, 2.24) is 4.90 Å². The van der Waals surface area contributed by atoms with Crippen molar-refractivity contribution in [2.24, 2.45) is 0 Å². The number of likely N-dealkylation sites (N-methyl/N-ethyl adjacent to an activating group) is 1. The Kier molecular flexibility index (Phi) is 6.56. The van der Waals surface area contributed by atoms with Crippen LogP contribution in [0.1, 0.15) is 29.7 Å². The van der Waals surface area contributed by atoms with Crippen LogP contribution in [-0.2, 0) is 4.79 Å². The van der Waals surface area contributed by atoms with E-state index in [1.807, 2.05) is 43.9 Å². The average molecular weight is 342 g/mol. The highest BCUT2D eigenvalue weighted by molar-refractivity contribution is 5.93. The number of aliphatic hydroxyl groups excluding tert-OH is 1. The van der Waals surface area contributed by atoms with Gasteiger partial charge in [0.25, 0.3) is 0 Å². The largest absolute Gasteiger partial charge is 0.508 e. The van der Waals surface area contributed by atoms with Gasteiger partial charge in [0.1, 0.15) is 5.75 Å². The summed E-state index contributed by atoms with van der Waals surface area (Å²) in [6.45, 7) is 7.04. The Morgan fingerprint density at radius 1 is 1.20 bits per heavy atom. The second-order valence-corrected chi connectivity index (χ2v) is 6.31.